The number of allylic oxidation sites excluding steroid dienone is 1. The molecule has 2 amide bonds. The number of hydrogen-bond donors (Lipinski definition) is 1. The number of fused-ring (bicyclic) bond motifs is 1. The number of halogens is 1. The van der Waals surface area contributed by atoms with Crippen LogP contribution in [-0.2, 0) is 9.59 Å². The van der Waals surface area contributed by atoms with Gasteiger partial charge in [0.25, 0.3) is 5.91 Å². The number of benzene rings is 2. The fourth-order valence-corrected chi connectivity index (χ4v) is 4.04. The van der Waals surface area contributed by atoms with E-state index >= 15 is 0 Å². The number of hydrogen-bond acceptors (Lipinski definition) is 3. The largest absolute Gasteiger partial charge is 0.449 e. The molecule has 1 aliphatic heterocycles. The van der Waals surface area contributed by atoms with Crippen molar-refractivity contribution in [3.63, 3.8) is 0 Å². The highest BCUT2D eigenvalue weighted by molar-refractivity contribution is 6.32. The molecular weight excluding hydrogens is 412 g/mol. The predicted octanol–water partition coefficient (Wildman–Crippen LogP) is 5.11. The Balaban J connectivity index is 1.49. The second-order valence-corrected chi connectivity index (χ2v) is 8.11. The Morgan fingerprint density at radius 1 is 1.13 bits per heavy atom. The van der Waals surface area contributed by atoms with E-state index in [1.807, 2.05) is 30.3 Å². The molecule has 0 spiro atoms. The third-order valence-electron chi connectivity index (χ3n) is 5.48. The van der Waals surface area contributed by atoms with E-state index < -0.39 is 0 Å². The van der Waals surface area contributed by atoms with Crippen LogP contribution in [0.2, 0.25) is 5.02 Å². The maximum Gasteiger partial charge on any atom is 0.294 e. The molecule has 1 N–H and O–H groups in total. The minimum Gasteiger partial charge on any atom is -0.449 e. The zero-order chi connectivity index (χ0) is 21.6. The maximum absolute atomic E-state index is 13.2. The molecule has 5 nitrogen and oxygen atoms in total. The van der Waals surface area contributed by atoms with Crippen LogP contribution in [0.5, 0.6) is 5.75 Å². The minimum atomic E-state index is -0.372. The molecule has 1 heterocycles. The number of nitrogens with zero attached hydrogens (tertiary/aromatic N) is 1. The van der Waals surface area contributed by atoms with Crippen LogP contribution in [0.15, 0.2) is 65.9 Å². The molecule has 0 fully saturated rings. The van der Waals surface area contributed by atoms with Crippen molar-refractivity contribution < 1.29 is 14.3 Å². The van der Waals surface area contributed by atoms with Gasteiger partial charge in [-0.25, -0.2) is 0 Å². The summed E-state index contributed by atoms with van der Waals surface area (Å²) in [5.74, 6) is 0.0924. The second kappa shape index (κ2) is 9.84. The summed E-state index contributed by atoms with van der Waals surface area (Å²) in [6.45, 7) is 0.505. The van der Waals surface area contributed by atoms with Gasteiger partial charge in [-0.1, -0.05) is 53.6 Å². The topological polar surface area (TPSA) is 58.6 Å². The lowest BCUT2D eigenvalue weighted by molar-refractivity contribution is -0.123. The van der Waals surface area contributed by atoms with Crippen LogP contribution in [0.1, 0.15) is 37.7 Å². The van der Waals surface area contributed by atoms with Crippen LogP contribution in [-0.4, -0.2) is 24.9 Å². The molecule has 0 radical (unpaired) electrons. The van der Waals surface area contributed by atoms with Crippen molar-refractivity contribution in [3.05, 3.63) is 76.5 Å². The number of anilines is 1. The number of ether oxygens (including phenoxy) is 1. The molecule has 0 saturated carbocycles. The summed E-state index contributed by atoms with van der Waals surface area (Å²) in [7, 11) is 0. The minimum absolute atomic E-state index is 0.0713. The van der Waals surface area contributed by atoms with Gasteiger partial charge in [0.15, 0.2) is 11.5 Å². The van der Waals surface area contributed by atoms with Gasteiger partial charge in [0.05, 0.1) is 5.69 Å². The summed E-state index contributed by atoms with van der Waals surface area (Å²) >= 11 is 6.24. The molecule has 2 aliphatic rings. The van der Waals surface area contributed by atoms with Crippen molar-refractivity contribution in [2.24, 2.45) is 0 Å². The molecule has 160 valence electrons. The molecular formula is C25H25ClN2O3. The van der Waals surface area contributed by atoms with Crippen LogP contribution in [0.25, 0.3) is 6.08 Å². The fraction of sp³-hybridized carbons (Fsp3) is 0.280. The van der Waals surface area contributed by atoms with E-state index in [-0.39, 0.29) is 24.1 Å². The van der Waals surface area contributed by atoms with Crippen molar-refractivity contribution in [1.29, 1.82) is 0 Å². The number of amides is 2. The lowest BCUT2D eigenvalue weighted by atomic mass is 9.97. The molecule has 0 atom stereocenters. The number of nitrogens with one attached hydrogen (secondary N) is 1. The van der Waals surface area contributed by atoms with Crippen molar-refractivity contribution >= 4 is 35.2 Å². The van der Waals surface area contributed by atoms with Crippen LogP contribution in [0, 0.1) is 0 Å². The Bertz CT molecular complexity index is 1040. The summed E-state index contributed by atoms with van der Waals surface area (Å²) in [6, 6.07) is 14.4. The smallest absolute Gasteiger partial charge is 0.294 e. The Hall–Kier alpha value is -3.05. The monoisotopic (exact) mass is 436 g/mol. The molecule has 2 aromatic carbocycles. The van der Waals surface area contributed by atoms with Gasteiger partial charge >= 0.3 is 0 Å². The summed E-state index contributed by atoms with van der Waals surface area (Å²) in [6.07, 6.45) is 9.46. The molecule has 2 aromatic rings. The van der Waals surface area contributed by atoms with E-state index in [1.54, 1.807) is 24.3 Å². The molecule has 0 saturated heterocycles. The van der Waals surface area contributed by atoms with E-state index in [2.05, 4.69) is 11.4 Å². The highest BCUT2D eigenvalue weighted by Crippen LogP contribution is 2.35. The molecule has 0 bridgehead atoms. The standard InChI is InChI=1S/C25H25ClN2O3/c26-20-11-5-4-10-19(20)16-23-25(30)28(21-12-6-7-13-22(21)31-23)17-24(29)27-15-14-18-8-2-1-3-9-18/h4-8,10-13,16H,1-3,9,14-15,17H2,(H,27,29)/b23-16+. The van der Waals surface area contributed by atoms with Gasteiger partial charge in [0.2, 0.25) is 5.91 Å². The van der Waals surface area contributed by atoms with Crippen molar-refractivity contribution in [2.45, 2.75) is 32.1 Å². The van der Waals surface area contributed by atoms with Gasteiger partial charge < -0.3 is 10.1 Å². The van der Waals surface area contributed by atoms with Crippen LogP contribution in [0.4, 0.5) is 5.69 Å². The molecule has 0 aromatic heterocycles. The summed E-state index contributed by atoms with van der Waals surface area (Å²) < 4.78 is 5.85. The SMILES string of the molecule is O=C(CN1C(=O)/C(=C\c2ccccc2Cl)Oc2ccccc21)NCCC1=CCCCC1. The van der Waals surface area contributed by atoms with Crippen LogP contribution in [0.3, 0.4) is 0 Å². The lowest BCUT2D eigenvalue weighted by Crippen LogP contribution is -2.44. The normalized spacial score (nSPS) is 17.1. The van der Waals surface area contributed by atoms with Gasteiger partial charge in [0, 0.05) is 11.6 Å². The first-order chi connectivity index (χ1) is 15.1. The van der Waals surface area contributed by atoms with Crippen molar-refractivity contribution in [2.75, 3.05) is 18.0 Å². The molecule has 0 unspecified atom stereocenters. The number of carbonyl (C=O) groups is 2. The van der Waals surface area contributed by atoms with Gasteiger partial charge in [-0.15, -0.1) is 0 Å². The van der Waals surface area contributed by atoms with E-state index in [0.29, 0.717) is 28.6 Å². The van der Waals surface area contributed by atoms with Crippen molar-refractivity contribution in [3.8, 4) is 5.75 Å². The van der Waals surface area contributed by atoms with Gasteiger partial charge in [0.1, 0.15) is 6.54 Å². The lowest BCUT2D eigenvalue weighted by Gasteiger charge is -2.30. The zero-order valence-electron chi connectivity index (χ0n) is 17.3. The van der Waals surface area contributed by atoms with E-state index in [4.69, 9.17) is 16.3 Å². The third kappa shape index (κ3) is 5.17. The van der Waals surface area contributed by atoms with Gasteiger partial charge in [-0.05, 0) is 61.9 Å². The summed E-state index contributed by atoms with van der Waals surface area (Å²) in [5.41, 5.74) is 2.66. The summed E-state index contributed by atoms with van der Waals surface area (Å²) in [5, 5.41) is 3.47. The first-order valence-electron chi connectivity index (χ1n) is 10.6. The van der Waals surface area contributed by atoms with E-state index in [1.165, 1.54) is 23.3 Å². The average Bonchev–Trinajstić information content (AvgIpc) is 2.79. The van der Waals surface area contributed by atoms with Crippen LogP contribution >= 0.6 is 11.6 Å². The third-order valence-corrected chi connectivity index (χ3v) is 5.82. The first-order valence-corrected chi connectivity index (χ1v) is 11.0. The Morgan fingerprint density at radius 2 is 1.94 bits per heavy atom. The highest BCUT2D eigenvalue weighted by atomic mass is 35.5. The Kier molecular flexibility index (Phi) is 6.73. The van der Waals surface area contributed by atoms with E-state index in [0.717, 1.165) is 19.3 Å². The maximum atomic E-state index is 13.2. The van der Waals surface area contributed by atoms with Crippen LogP contribution < -0.4 is 15.0 Å². The number of rotatable bonds is 6. The number of carbonyl (C=O) groups excluding carboxylic acids is 2. The highest BCUT2D eigenvalue weighted by Gasteiger charge is 2.31. The Labute approximate surface area is 187 Å². The Morgan fingerprint density at radius 3 is 2.74 bits per heavy atom. The quantitative estimate of drug-likeness (QED) is 0.505. The first kappa shape index (κ1) is 21.2. The molecule has 6 heteroatoms. The average molecular weight is 437 g/mol. The molecule has 31 heavy (non-hydrogen) atoms. The zero-order valence-corrected chi connectivity index (χ0v) is 18.0. The number of para-hydroxylation sites is 2. The fourth-order valence-electron chi connectivity index (χ4n) is 3.85. The summed E-state index contributed by atoms with van der Waals surface area (Å²) in [4.78, 5) is 27.2. The molecule has 1 aliphatic carbocycles. The predicted molar refractivity (Wildman–Crippen MR) is 123 cm³/mol. The second-order valence-electron chi connectivity index (χ2n) is 7.70. The van der Waals surface area contributed by atoms with Gasteiger partial charge in [-0.2, -0.15) is 0 Å². The van der Waals surface area contributed by atoms with Gasteiger partial charge in [-0.3, -0.25) is 14.5 Å². The van der Waals surface area contributed by atoms with Crippen molar-refractivity contribution in [1.82, 2.24) is 5.32 Å². The van der Waals surface area contributed by atoms with E-state index in [9.17, 15) is 9.59 Å². The molecule has 4 rings (SSSR count).